The summed E-state index contributed by atoms with van der Waals surface area (Å²) in [6.07, 6.45) is 1.78. The Bertz CT molecular complexity index is 1410. The monoisotopic (exact) mass is 525 g/mol. The quantitative estimate of drug-likeness (QED) is 0.471. The number of carbonyl (C=O) groups excluding carboxylic acids is 2. The average molecular weight is 526 g/mol. The summed E-state index contributed by atoms with van der Waals surface area (Å²) in [5, 5.41) is 14.3. The molecule has 0 aromatic carbocycles. The summed E-state index contributed by atoms with van der Waals surface area (Å²) < 4.78 is 32.4. The fourth-order valence-electron chi connectivity index (χ4n) is 3.68. The highest BCUT2D eigenvalue weighted by molar-refractivity contribution is 7.15. The van der Waals surface area contributed by atoms with Crippen molar-refractivity contribution in [3.8, 4) is 28.7 Å². The fourth-order valence-corrected chi connectivity index (χ4v) is 4.28. The molecular weight excluding hydrogens is 504 g/mol. The van der Waals surface area contributed by atoms with Crippen LogP contribution in [0, 0.1) is 17.8 Å². The molecule has 10 nitrogen and oxygen atoms in total. The lowest BCUT2D eigenvalue weighted by Gasteiger charge is -2.27. The van der Waals surface area contributed by atoms with Crippen LogP contribution in [0.1, 0.15) is 40.3 Å². The molecule has 0 unspecified atom stereocenters. The Morgan fingerprint density at radius 3 is 2.81 bits per heavy atom. The Morgan fingerprint density at radius 1 is 1.24 bits per heavy atom. The van der Waals surface area contributed by atoms with Crippen molar-refractivity contribution in [2.45, 2.75) is 19.3 Å². The summed E-state index contributed by atoms with van der Waals surface area (Å²) in [4.78, 5) is 35.3. The molecule has 13 heteroatoms. The first-order chi connectivity index (χ1) is 17.9. The van der Waals surface area contributed by atoms with E-state index in [0.29, 0.717) is 24.0 Å². The SMILES string of the molecule is COc1cnc(C(F)F)cc1-c1cc(N2CCNCC2=O)ncc1C(=O)Nc1nnc(C#CC2CC2)s1. The molecular formula is C24H21F2N7O3S. The number of carbonyl (C=O) groups is 2. The van der Waals surface area contributed by atoms with Crippen molar-refractivity contribution in [2.24, 2.45) is 5.92 Å². The second-order valence-corrected chi connectivity index (χ2v) is 9.31. The van der Waals surface area contributed by atoms with Crippen molar-refractivity contribution in [3.63, 3.8) is 0 Å². The van der Waals surface area contributed by atoms with Gasteiger partial charge in [0.1, 0.15) is 17.3 Å². The number of ether oxygens (including phenoxy) is 1. The first-order valence-corrected chi connectivity index (χ1v) is 12.2. The van der Waals surface area contributed by atoms with E-state index < -0.39 is 18.0 Å². The van der Waals surface area contributed by atoms with Crippen LogP contribution in [0.15, 0.2) is 24.5 Å². The zero-order valence-corrected chi connectivity index (χ0v) is 20.4. The van der Waals surface area contributed by atoms with Crippen molar-refractivity contribution in [1.29, 1.82) is 0 Å². The van der Waals surface area contributed by atoms with Gasteiger partial charge in [0.15, 0.2) is 5.01 Å². The zero-order chi connectivity index (χ0) is 25.9. The molecule has 1 saturated carbocycles. The standard InChI is InChI=1S/C24H21F2N7O3S/c1-36-18-11-28-17(22(25)26)8-15(18)14-9-19(33-7-6-27-12-21(33)34)29-10-16(14)23(35)30-24-32-31-20(37-24)5-4-13-2-3-13/h8-11,13,22,27H,2-3,6-7,12H2,1H3,(H,30,32,35). The molecule has 2 fully saturated rings. The third kappa shape index (κ3) is 5.55. The number of hydrogen-bond acceptors (Lipinski definition) is 9. The smallest absolute Gasteiger partial charge is 0.280 e. The minimum absolute atomic E-state index is 0.0665. The molecule has 37 heavy (non-hydrogen) atoms. The number of anilines is 2. The number of aromatic nitrogens is 4. The number of halogens is 2. The Morgan fingerprint density at radius 2 is 2.08 bits per heavy atom. The maximum Gasteiger partial charge on any atom is 0.280 e. The molecule has 4 heterocycles. The molecule has 2 N–H and O–H groups in total. The van der Waals surface area contributed by atoms with E-state index in [1.807, 2.05) is 0 Å². The highest BCUT2D eigenvalue weighted by Gasteiger charge is 2.26. The van der Waals surface area contributed by atoms with Crippen molar-refractivity contribution in [3.05, 3.63) is 40.8 Å². The number of alkyl halides is 2. The van der Waals surface area contributed by atoms with Crippen LogP contribution in [-0.2, 0) is 4.79 Å². The van der Waals surface area contributed by atoms with E-state index in [-0.39, 0.29) is 45.8 Å². The van der Waals surface area contributed by atoms with Gasteiger partial charge in [0.2, 0.25) is 11.0 Å². The summed E-state index contributed by atoms with van der Waals surface area (Å²) in [5.41, 5.74) is 0.0318. The number of nitrogens with zero attached hydrogens (tertiary/aromatic N) is 5. The summed E-state index contributed by atoms with van der Waals surface area (Å²) in [6, 6.07) is 2.67. The van der Waals surface area contributed by atoms with Gasteiger partial charge in [-0.3, -0.25) is 24.8 Å². The Labute approximate surface area is 214 Å². The van der Waals surface area contributed by atoms with Gasteiger partial charge in [0.05, 0.1) is 25.4 Å². The lowest BCUT2D eigenvalue weighted by Crippen LogP contribution is -2.48. The molecule has 3 aromatic heterocycles. The number of pyridine rings is 2. The van der Waals surface area contributed by atoms with Gasteiger partial charge in [-0.25, -0.2) is 13.8 Å². The van der Waals surface area contributed by atoms with E-state index in [4.69, 9.17) is 4.74 Å². The van der Waals surface area contributed by atoms with Crippen molar-refractivity contribution in [2.75, 3.05) is 37.0 Å². The predicted molar refractivity (Wildman–Crippen MR) is 132 cm³/mol. The van der Waals surface area contributed by atoms with Crippen LogP contribution < -0.4 is 20.3 Å². The van der Waals surface area contributed by atoms with Crippen LogP contribution in [0.3, 0.4) is 0 Å². The molecule has 190 valence electrons. The zero-order valence-electron chi connectivity index (χ0n) is 19.6. The van der Waals surface area contributed by atoms with Crippen LogP contribution >= 0.6 is 11.3 Å². The van der Waals surface area contributed by atoms with E-state index in [0.717, 1.165) is 30.2 Å². The van der Waals surface area contributed by atoms with Gasteiger partial charge >= 0.3 is 0 Å². The van der Waals surface area contributed by atoms with Gasteiger partial charge in [-0.1, -0.05) is 17.3 Å². The first-order valence-electron chi connectivity index (χ1n) is 11.4. The van der Waals surface area contributed by atoms with E-state index in [1.165, 1.54) is 30.5 Å². The summed E-state index contributed by atoms with van der Waals surface area (Å²) in [6.45, 7) is 1.06. The summed E-state index contributed by atoms with van der Waals surface area (Å²) in [7, 11) is 1.37. The normalized spacial score (nSPS) is 15.4. The molecule has 1 aliphatic heterocycles. The van der Waals surface area contributed by atoms with Crippen LogP contribution in [0.25, 0.3) is 11.1 Å². The third-order valence-corrected chi connectivity index (χ3v) is 6.48. The second kappa shape index (κ2) is 10.5. The molecule has 5 rings (SSSR count). The highest BCUT2D eigenvalue weighted by Crippen LogP contribution is 2.36. The molecule has 1 aliphatic carbocycles. The first kappa shape index (κ1) is 24.7. The number of methoxy groups -OCH3 is 1. The Kier molecular flexibility index (Phi) is 7.02. The average Bonchev–Trinajstić information content (AvgIpc) is 3.64. The molecule has 1 saturated heterocycles. The molecule has 3 aromatic rings. The van der Waals surface area contributed by atoms with E-state index in [1.54, 1.807) is 0 Å². The van der Waals surface area contributed by atoms with E-state index >= 15 is 0 Å². The van der Waals surface area contributed by atoms with Gasteiger partial charge in [0.25, 0.3) is 12.3 Å². The Balaban J connectivity index is 1.53. The molecule has 2 aliphatic rings. The minimum Gasteiger partial charge on any atom is -0.494 e. The molecule has 0 radical (unpaired) electrons. The lowest BCUT2D eigenvalue weighted by molar-refractivity contribution is -0.118. The number of hydrogen-bond donors (Lipinski definition) is 2. The van der Waals surface area contributed by atoms with Crippen molar-refractivity contribution in [1.82, 2.24) is 25.5 Å². The topological polar surface area (TPSA) is 122 Å². The number of piperazine rings is 1. The van der Waals surface area contributed by atoms with Gasteiger partial charge in [-0.05, 0) is 30.9 Å². The largest absolute Gasteiger partial charge is 0.494 e. The molecule has 0 bridgehead atoms. The fraction of sp³-hybridized carbons (Fsp3) is 0.333. The summed E-state index contributed by atoms with van der Waals surface area (Å²) in [5.74, 6) is 6.10. The number of amides is 2. The molecule has 2 amide bonds. The minimum atomic E-state index is -2.84. The van der Waals surface area contributed by atoms with Crippen LogP contribution in [0.2, 0.25) is 0 Å². The maximum absolute atomic E-state index is 13.5. The number of rotatable bonds is 6. The van der Waals surface area contributed by atoms with Crippen LogP contribution in [0.5, 0.6) is 5.75 Å². The van der Waals surface area contributed by atoms with Crippen LogP contribution in [-0.4, -0.2) is 58.7 Å². The van der Waals surface area contributed by atoms with E-state index in [9.17, 15) is 18.4 Å². The maximum atomic E-state index is 13.5. The van der Waals surface area contributed by atoms with Gasteiger partial charge < -0.3 is 10.1 Å². The van der Waals surface area contributed by atoms with Gasteiger partial charge in [-0.2, -0.15) is 0 Å². The second-order valence-electron chi connectivity index (χ2n) is 8.33. The predicted octanol–water partition coefficient (Wildman–Crippen LogP) is 2.89. The van der Waals surface area contributed by atoms with E-state index in [2.05, 4.69) is 42.6 Å². The van der Waals surface area contributed by atoms with Crippen molar-refractivity contribution < 1.29 is 23.1 Å². The van der Waals surface area contributed by atoms with Gasteiger partial charge in [-0.15, -0.1) is 10.2 Å². The summed E-state index contributed by atoms with van der Waals surface area (Å²) >= 11 is 1.13. The van der Waals surface area contributed by atoms with Crippen molar-refractivity contribution >= 4 is 34.1 Å². The number of nitrogens with one attached hydrogen (secondary N) is 2. The molecule has 0 spiro atoms. The third-order valence-electron chi connectivity index (χ3n) is 5.73. The van der Waals surface area contributed by atoms with Crippen LogP contribution in [0.4, 0.5) is 19.7 Å². The van der Waals surface area contributed by atoms with Gasteiger partial charge in [0, 0.05) is 36.3 Å². The Hall–Kier alpha value is -4.02. The molecule has 0 atom stereocenters. The lowest BCUT2D eigenvalue weighted by atomic mass is 9.99. The highest BCUT2D eigenvalue weighted by atomic mass is 32.1.